The molecule has 0 radical (unpaired) electrons. The summed E-state index contributed by atoms with van der Waals surface area (Å²) in [5.41, 5.74) is 19.2. The number of anilines is 4. The van der Waals surface area contributed by atoms with Gasteiger partial charge in [0.05, 0.1) is 51.0 Å². The molecule has 6 aromatic heterocycles. The number of hydrogen-bond acceptors (Lipinski definition) is 14. The normalized spacial score (nSPS) is 20.6. The van der Waals surface area contributed by atoms with Crippen LogP contribution in [-0.4, -0.2) is 92.2 Å². The quantitative estimate of drug-likeness (QED) is 0.0893. The molecule has 3 unspecified atom stereocenters. The predicted molar refractivity (Wildman–Crippen MR) is 244 cm³/mol. The molecular formula is C46H48F2N14O2. The second-order valence-electron chi connectivity index (χ2n) is 17.7. The number of benzene rings is 2. The van der Waals surface area contributed by atoms with E-state index >= 15 is 4.39 Å². The molecule has 12 rings (SSSR count). The summed E-state index contributed by atoms with van der Waals surface area (Å²) in [6, 6.07) is 13.5. The summed E-state index contributed by atoms with van der Waals surface area (Å²) in [6.07, 6.45) is 5.36. The summed E-state index contributed by atoms with van der Waals surface area (Å²) in [6.45, 7) is 9.21. The zero-order valence-electron chi connectivity index (χ0n) is 36.1. The highest BCUT2D eigenvalue weighted by Crippen LogP contribution is 2.51. The van der Waals surface area contributed by atoms with E-state index in [9.17, 15) is 4.39 Å². The van der Waals surface area contributed by atoms with Crippen molar-refractivity contribution in [2.45, 2.75) is 45.7 Å². The van der Waals surface area contributed by atoms with Crippen LogP contribution in [-0.2, 0) is 0 Å². The Morgan fingerprint density at radius 3 is 1.88 bits per heavy atom. The molecule has 64 heavy (non-hydrogen) atoms. The van der Waals surface area contributed by atoms with Crippen LogP contribution in [0.25, 0.3) is 43.9 Å². The van der Waals surface area contributed by atoms with Gasteiger partial charge in [0.25, 0.3) is 0 Å². The number of fused-ring (bicyclic) bond motifs is 7. The molecule has 0 amide bonds. The lowest BCUT2D eigenvalue weighted by molar-refractivity contribution is 0.0559. The van der Waals surface area contributed by atoms with Crippen molar-refractivity contribution in [1.82, 2.24) is 39.9 Å². The van der Waals surface area contributed by atoms with Gasteiger partial charge < -0.3 is 51.3 Å². The molecule has 16 nitrogen and oxygen atoms in total. The molecule has 8 N–H and O–H groups in total. The molecule has 0 bridgehead atoms. The maximum absolute atomic E-state index is 15.0. The van der Waals surface area contributed by atoms with Crippen LogP contribution >= 0.6 is 0 Å². The molecule has 18 heteroatoms. The third kappa shape index (κ3) is 6.53. The number of pyridine rings is 2. The van der Waals surface area contributed by atoms with Gasteiger partial charge in [0, 0.05) is 80.6 Å². The number of ether oxygens (including phenoxy) is 2. The van der Waals surface area contributed by atoms with Gasteiger partial charge in [0.2, 0.25) is 0 Å². The van der Waals surface area contributed by atoms with E-state index in [4.69, 9.17) is 30.9 Å². The summed E-state index contributed by atoms with van der Waals surface area (Å²) in [4.78, 5) is 38.2. The van der Waals surface area contributed by atoms with Crippen molar-refractivity contribution in [3.05, 3.63) is 83.4 Å². The highest BCUT2D eigenvalue weighted by Gasteiger charge is 2.55. The smallest absolute Gasteiger partial charge is 0.326 e. The molecular weight excluding hydrogens is 819 g/mol. The average Bonchev–Trinajstić information content (AvgIpc) is 3.67. The van der Waals surface area contributed by atoms with Crippen LogP contribution in [0.2, 0.25) is 0 Å². The van der Waals surface area contributed by atoms with Gasteiger partial charge in [0.1, 0.15) is 40.2 Å². The fraction of sp³-hybridized carbons (Fsp3) is 0.348. The molecule has 8 heterocycles. The van der Waals surface area contributed by atoms with E-state index in [1.165, 1.54) is 5.56 Å². The Balaban J connectivity index is 0.000000143. The van der Waals surface area contributed by atoms with Crippen LogP contribution in [0.5, 0.6) is 23.5 Å². The van der Waals surface area contributed by atoms with E-state index in [-0.39, 0.29) is 28.5 Å². The molecule has 4 fully saturated rings. The zero-order chi connectivity index (χ0) is 44.2. The molecule has 328 valence electrons. The van der Waals surface area contributed by atoms with Crippen LogP contribution in [0.15, 0.2) is 54.9 Å². The van der Waals surface area contributed by atoms with Gasteiger partial charge >= 0.3 is 12.0 Å². The van der Waals surface area contributed by atoms with Crippen LogP contribution in [0.3, 0.4) is 0 Å². The van der Waals surface area contributed by atoms with E-state index < -0.39 is 11.6 Å². The fourth-order valence-electron chi connectivity index (χ4n) is 9.81. The number of piperidine rings is 1. The first-order valence-corrected chi connectivity index (χ1v) is 21.5. The monoisotopic (exact) mass is 866 g/mol. The molecule has 1 spiro atoms. The van der Waals surface area contributed by atoms with Crippen molar-refractivity contribution < 1.29 is 18.3 Å². The first kappa shape index (κ1) is 39.9. The minimum absolute atomic E-state index is 0.0755. The molecule has 8 aromatic rings. The first-order valence-electron chi connectivity index (χ1n) is 21.5. The van der Waals surface area contributed by atoms with Gasteiger partial charge in [-0.05, 0) is 87.4 Å². The number of aromatic amines is 2. The van der Waals surface area contributed by atoms with Gasteiger partial charge in [-0.1, -0.05) is 0 Å². The molecule has 4 aliphatic rings. The van der Waals surface area contributed by atoms with Crippen molar-refractivity contribution in [2.75, 3.05) is 60.7 Å². The number of rotatable bonds is 8. The fourth-order valence-corrected chi connectivity index (χ4v) is 9.81. The zero-order valence-corrected chi connectivity index (χ0v) is 36.1. The summed E-state index contributed by atoms with van der Waals surface area (Å²) in [5.74, 6) is 2.28. The second kappa shape index (κ2) is 14.8. The maximum atomic E-state index is 15.0. The van der Waals surface area contributed by atoms with Crippen LogP contribution in [0, 0.1) is 49.7 Å². The highest BCUT2D eigenvalue weighted by molar-refractivity contribution is 6.16. The topological polar surface area (TPSA) is 210 Å². The predicted octanol–water partition coefficient (Wildman–Crippen LogP) is 7.20. The third-order valence-electron chi connectivity index (χ3n) is 13.6. The molecule has 2 saturated heterocycles. The standard InChI is InChI=1S/C23H23F2N7O.C23H25N7O/c1-11-3-4-12(8-28-11)33-22-30-20-17(16-13(24)7-14(25)18(27-2)19(16)29-20)21(31-22)32-9-23(10-32)6-5-15(23)26;1-11-6-14-18-21(27-20(14)17(7-11)25-3)28-23(31-13-5-4-12(2)26-8-13)29-22(18)30-9-15-16(10-30)19(15)24/h3-4,7-8,15,27H,5-6,9-10,26H2,1-2H3,(H,29,30,31);4-8,15-16,19,25H,9-10,24H2,1-3H3,(H,27,28,29). The van der Waals surface area contributed by atoms with E-state index in [1.807, 2.05) is 39.1 Å². The van der Waals surface area contributed by atoms with Crippen LogP contribution in [0.1, 0.15) is 29.8 Å². The minimum atomic E-state index is -0.686. The molecule has 2 saturated carbocycles. The Morgan fingerprint density at radius 2 is 1.33 bits per heavy atom. The van der Waals surface area contributed by atoms with Crippen LogP contribution in [0.4, 0.5) is 31.8 Å². The van der Waals surface area contributed by atoms with Gasteiger partial charge in [-0.15, -0.1) is 0 Å². The second-order valence-corrected chi connectivity index (χ2v) is 17.7. The van der Waals surface area contributed by atoms with Gasteiger partial charge in [-0.25, -0.2) is 8.78 Å². The van der Waals surface area contributed by atoms with Crippen molar-refractivity contribution in [3.63, 3.8) is 0 Å². The molecule has 3 atom stereocenters. The molecule has 2 aromatic carbocycles. The number of hydrogen-bond donors (Lipinski definition) is 6. The Kier molecular flexibility index (Phi) is 9.25. The summed E-state index contributed by atoms with van der Waals surface area (Å²) in [5, 5.41) is 8.98. The molecule has 2 aliphatic carbocycles. The van der Waals surface area contributed by atoms with Crippen molar-refractivity contribution in [1.29, 1.82) is 0 Å². The van der Waals surface area contributed by atoms with Gasteiger partial charge in [0.15, 0.2) is 5.82 Å². The Morgan fingerprint density at radius 1 is 0.719 bits per heavy atom. The SMILES string of the molecule is CNc1c(F)cc(F)c2c1[nH]c1nc(Oc3ccc(C)nc3)nc(N3CC4(CCC4N)C3)c12.CNc1cc(C)cc2c1[nH]c1nc(Oc3ccc(C)nc3)nc(N3CC4C(N)C4C3)c12. The Labute approximate surface area is 366 Å². The van der Waals surface area contributed by atoms with Gasteiger partial charge in [-0.2, -0.15) is 19.9 Å². The number of halogens is 2. The summed E-state index contributed by atoms with van der Waals surface area (Å²) >= 11 is 0. The van der Waals surface area contributed by atoms with Gasteiger partial charge in [-0.3, -0.25) is 9.97 Å². The summed E-state index contributed by atoms with van der Waals surface area (Å²) < 4.78 is 41.4. The first-order chi connectivity index (χ1) is 30.9. The lowest BCUT2D eigenvalue weighted by Gasteiger charge is -2.60. The lowest BCUT2D eigenvalue weighted by atomic mass is 9.60. The number of nitrogens with zero attached hydrogens (tertiary/aromatic N) is 8. The Bertz CT molecular complexity index is 3120. The number of aromatic nitrogens is 8. The van der Waals surface area contributed by atoms with Crippen LogP contribution < -0.4 is 41.4 Å². The van der Waals surface area contributed by atoms with Crippen molar-refractivity contribution in [3.8, 4) is 23.5 Å². The summed E-state index contributed by atoms with van der Waals surface area (Å²) in [7, 11) is 3.52. The lowest BCUT2D eigenvalue weighted by Crippen LogP contribution is -2.69. The highest BCUT2D eigenvalue weighted by atomic mass is 19.1. The van der Waals surface area contributed by atoms with E-state index in [1.54, 1.807) is 25.5 Å². The average molecular weight is 867 g/mol. The Hall–Kier alpha value is -6.92. The number of nitrogens with two attached hydrogens (primary N) is 2. The number of H-pyrrole nitrogens is 2. The number of aryl methyl sites for hydroxylation is 3. The number of nitrogens with one attached hydrogen (secondary N) is 4. The largest absolute Gasteiger partial charge is 0.423 e. The van der Waals surface area contributed by atoms with Crippen molar-refractivity contribution >= 4 is 66.9 Å². The maximum Gasteiger partial charge on any atom is 0.326 e. The minimum Gasteiger partial charge on any atom is -0.423 e. The third-order valence-corrected chi connectivity index (χ3v) is 13.6. The van der Waals surface area contributed by atoms with E-state index in [2.05, 4.69) is 69.4 Å². The van der Waals surface area contributed by atoms with E-state index in [0.717, 1.165) is 89.9 Å². The van der Waals surface area contributed by atoms with E-state index in [0.29, 0.717) is 57.8 Å². The van der Waals surface area contributed by atoms with Crippen molar-refractivity contribution in [2.24, 2.45) is 28.7 Å². The molecule has 2 aliphatic heterocycles.